The van der Waals surface area contributed by atoms with Crippen molar-refractivity contribution in [3.05, 3.63) is 0 Å². The van der Waals surface area contributed by atoms with Gasteiger partial charge in [-0.2, -0.15) is 5.11 Å². The highest BCUT2D eigenvalue weighted by molar-refractivity contribution is 5.76. The van der Waals surface area contributed by atoms with E-state index in [-0.39, 0.29) is 12.4 Å². The van der Waals surface area contributed by atoms with Gasteiger partial charge in [0.2, 0.25) is 0 Å². The molecule has 0 bridgehead atoms. The summed E-state index contributed by atoms with van der Waals surface area (Å²) in [6, 6.07) is 0. The van der Waals surface area contributed by atoms with Gasteiger partial charge in [-0.15, -0.1) is 0 Å². The second kappa shape index (κ2) is 4.23. The second-order valence-electron chi connectivity index (χ2n) is 1.26. The fourth-order valence-corrected chi connectivity index (χ4v) is 0.178. The van der Waals surface area contributed by atoms with Gasteiger partial charge in [0.05, 0.1) is 7.05 Å². The van der Waals surface area contributed by atoms with Gasteiger partial charge in [0.25, 0.3) is 0 Å². The SMILES string of the molecule is C/N=N\OCC(C)=O. The van der Waals surface area contributed by atoms with Crippen molar-refractivity contribution in [2.45, 2.75) is 6.92 Å². The van der Waals surface area contributed by atoms with Gasteiger partial charge in [0.1, 0.15) is 0 Å². The molecule has 8 heavy (non-hydrogen) atoms. The Balaban J connectivity index is 3.05. The van der Waals surface area contributed by atoms with Crippen LogP contribution in [0.3, 0.4) is 0 Å². The zero-order chi connectivity index (χ0) is 6.41. The van der Waals surface area contributed by atoms with E-state index in [0.717, 1.165) is 0 Å². The van der Waals surface area contributed by atoms with Crippen LogP contribution in [-0.2, 0) is 9.63 Å². The molecule has 4 heteroatoms. The van der Waals surface area contributed by atoms with Gasteiger partial charge in [-0.1, -0.05) is 0 Å². The summed E-state index contributed by atoms with van der Waals surface area (Å²) in [5.74, 6) is -0.0580. The first kappa shape index (κ1) is 7.07. The lowest BCUT2D eigenvalue weighted by molar-refractivity contribution is -0.121. The zero-order valence-corrected chi connectivity index (χ0v) is 4.92. The third-order valence-electron chi connectivity index (χ3n) is 0.407. The molecule has 0 aromatic carbocycles. The Bertz CT molecular complexity index is 100. The normalized spacial score (nSPS) is 9.75. The monoisotopic (exact) mass is 116 g/mol. The summed E-state index contributed by atoms with van der Waals surface area (Å²) in [6.07, 6.45) is 0. The predicted molar refractivity (Wildman–Crippen MR) is 27.4 cm³/mol. The quantitative estimate of drug-likeness (QED) is 0.400. The number of ketones is 1. The van der Waals surface area contributed by atoms with E-state index in [9.17, 15) is 4.79 Å². The minimum Gasteiger partial charge on any atom is -0.372 e. The highest BCUT2D eigenvalue weighted by Crippen LogP contribution is 1.76. The molecular formula is C4H8N2O2. The first-order valence-electron chi connectivity index (χ1n) is 2.18. The zero-order valence-electron chi connectivity index (χ0n) is 4.92. The van der Waals surface area contributed by atoms with Crippen LogP contribution in [0, 0.1) is 0 Å². The number of carbonyl (C=O) groups excluding carboxylic acids is 1. The Hall–Kier alpha value is -0.930. The van der Waals surface area contributed by atoms with Gasteiger partial charge in [-0.3, -0.25) is 4.79 Å². The van der Waals surface area contributed by atoms with Gasteiger partial charge >= 0.3 is 0 Å². The molecule has 4 nitrogen and oxygen atoms in total. The van der Waals surface area contributed by atoms with Crippen molar-refractivity contribution < 1.29 is 9.63 Å². The Morgan fingerprint density at radius 2 is 2.38 bits per heavy atom. The molecule has 0 aliphatic carbocycles. The molecule has 0 aliphatic rings. The summed E-state index contributed by atoms with van der Waals surface area (Å²) in [4.78, 5) is 14.4. The second-order valence-corrected chi connectivity index (χ2v) is 1.26. The van der Waals surface area contributed by atoms with Crippen LogP contribution < -0.4 is 0 Å². The lowest BCUT2D eigenvalue weighted by Gasteiger charge is -1.87. The number of Topliss-reactive ketones (excluding diaryl/α,β-unsaturated/α-hetero) is 1. The Kier molecular flexibility index (Phi) is 3.74. The first-order valence-corrected chi connectivity index (χ1v) is 2.18. The van der Waals surface area contributed by atoms with Crippen molar-refractivity contribution in [2.24, 2.45) is 10.4 Å². The smallest absolute Gasteiger partial charge is 0.176 e. The molecule has 0 radical (unpaired) electrons. The molecule has 0 aliphatic heterocycles. The third kappa shape index (κ3) is 5.07. The maximum Gasteiger partial charge on any atom is 0.176 e. The summed E-state index contributed by atoms with van der Waals surface area (Å²) >= 11 is 0. The minimum absolute atomic E-state index is 0.0112. The van der Waals surface area contributed by atoms with Crippen molar-refractivity contribution >= 4 is 5.78 Å². The number of carbonyl (C=O) groups is 1. The van der Waals surface area contributed by atoms with Crippen LogP contribution in [0.2, 0.25) is 0 Å². The van der Waals surface area contributed by atoms with Gasteiger partial charge < -0.3 is 4.84 Å². The van der Waals surface area contributed by atoms with Crippen LogP contribution in [0.1, 0.15) is 6.92 Å². The van der Waals surface area contributed by atoms with Crippen LogP contribution in [-0.4, -0.2) is 19.4 Å². The highest BCUT2D eigenvalue weighted by Gasteiger charge is 1.88. The van der Waals surface area contributed by atoms with E-state index in [1.165, 1.54) is 14.0 Å². The molecule has 0 spiro atoms. The van der Waals surface area contributed by atoms with Crippen molar-refractivity contribution in [3.8, 4) is 0 Å². The van der Waals surface area contributed by atoms with E-state index in [0.29, 0.717) is 0 Å². The van der Waals surface area contributed by atoms with E-state index < -0.39 is 0 Å². The van der Waals surface area contributed by atoms with Crippen LogP contribution in [0.5, 0.6) is 0 Å². The lowest BCUT2D eigenvalue weighted by Crippen LogP contribution is -1.98. The summed E-state index contributed by atoms with van der Waals surface area (Å²) < 4.78 is 0. The Morgan fingerprint density at radius 3 is 2.75 bits per heavy atom. The van der Waals surface area contributed by atoms with Gasteiger partial charge in [-0.25, -0.2) is 0 Å². The van der Waals surface area contributed by atoms with E-state index in [1.54, 1.807) is 0 Å². The summed E-state index contributed by atoms with van der Waals surface area (Å²) in [5.41, 5.74) is 0. The van der Waals surface area contributed by atoms with Crippen molar-refractivity contribution in [1.82, 2.24) is 0 Å². The standard InChI is InChI=1S/C4H8N2O2/c1-4(7)3-8-6-5-2/h3H2,1-2H3/b6-5-. The average Bonchev–Trinajstić information content (AvgIpc) is 1.66. The Labute approximate surface area is 47.5 Å². The fourth-order valence-electron chi connectivity index (χ4n) is 0.178. The molecule has 0 unspecified atom stereocenters. The predicted octanol–water partition coefficient (Wildman–Crippen LogP) is 0.589. The number of nitrogens with zero attached hydrogens (tertiary/aromatic N) is 2. The first-order chi connectivity index (χ1) is 3.77. The Morgan fingerprint density at radius 1 is 1.75 bits per heavy atom. The largest absolute Gasteiger partial charge is 0.372 e. The van der Waals surface area contributed by atoms with E-state index in [1.807, 2.05) is 0 Å². The molecule has 0 atom stereocenters. The molecular weight excluding hydrogens is 108 g/mol. The molecule has 0 fully saturated rings. The van der Waals surface area contributed by atoms with Gasteiger partial charge in [0.15, 0.2) is 12.4 Å². The van der Waals surface area contributed by atoms with Crippen LogP contribution in [0.25, 0.3) is 0 Å². The summed E-state index contributed by atoms with van der Waals surface area (Å²) in [5, 5.41) is 6.37. The summed E-state index contributed by atoms with van der Waals surface area (Å²) in [6.45, 7) is 1.43. The maximum absolute atomic E-state index is 10.1. The van der Waals surface area contributed by atoms with Crippen LogP contribution in [0.4, 0.5) is 0 Å². The molecule has 0 rings (SSSR count). The number of hydrogen-bond acceptors (Lipinski definition) is 4. The topological polar surface area (TPSA) is 51.0 Å². The van der Waals surface area contributed by atoms with Gasteiger partial charge in [-0.05, 0) is 6.92 Å². The minimum atomic E-state index is -0.0580. The van der Waals surface area contributed by atoms with E-state index in [4.69, 9.17) is 0 Å². The molecule has 0 saturated carbocycles. The highest BCUT2D eigenvalue weighted by atomic mass is 16.6. The van der Waals surface area contributed by atoms with E-state index >= 15 is 0 Å². The van der Waals surface area contributed by atoms with Crippen molar-refractivity contribution in [3.63, 3.8) is 0 Å². The van der Waals surface area contributed by atoms with Crippen molar-refractivity contribution in [2.75, 3.05) is 13.7 Å². The van der Waals surface area contributed by atoms with E-state index in [2.05, 4.69) is 15.2 Å². The molecule has 0 saturated heterocycles. The van der Waals surface area contributed by atoms with Crippen molar-refractivity contribution in [1.29, 1.82) is 0 Å². The fraction of sp³-hybridized carbons (Fsp3) is 0.750. The lowest BCUT2D eigenvalue weighted by atomic mass is 10.5. The third-order valence-corrected chi connectivity index (χ3v) is 0.407. The molecule has 0 heterocycles. The average molecular weight is 116 g/mol. The molecule has 46 valence electrons. The number of rotatable bonds is 3. The molecule has 0 amide bonds. The molecule has 0 aromatic rings. The number of hydrogen-bond donors (Lipinski definition) is 0. The van der Waals surface area contributed by atoms with Crippen LogP contribution in [0.15, 0.2) is 10.4 Å². The maximum atomic E-state index is 10.1. The molecule has 0 N–H and O–H groups in total. The molecule has 0 aromatic heterocycles. The van der Waals surface area contributed by atoms with Gasteiger partial charge in [0, 0.05) is 5.28 Å². The van der Waals surface area contributed by atoms with Crippen LogP contribution >= 0.6 is 0 Å². The summed E-state index contributed by atoms with van der Waals surface area (Å²) in [7, 11) is 1.47.